The van der Waals surface area contributed by atoms with E-state index in [1.807, 2.05) is 15.7 Å². The van der Waals surface area contributed by atoms with E-state index in [-0.39, 0.29) is 11.5 Å². The second-order valence-corrected chi connectivity index (χ2v) is 8.50. The summed E-state index contributed by atoms with van der Waals surface area (Å²) in [4.78, 5) is 28.7. The molecule has 0 unspecified atom stereocenters. The smallest absolute Gasteiger partial charge is 0.255 e. The van der Waals surface area contributed by atoms with Crippen LogP contribution in [0.15, 0.2) is 22.4 Å². The van der Waals surface area contributed by atoms with E-state index in [1.54, 1.807) is 17.4 Å². The highest BCUT2D eigenvalue weighted by atomic mass is 32.1. The number of hydrogen-bond acceptors (Lipinski definition) is 3. The van der Waals surface area contributed by atoms with Crippen LogP contribution in [-0.4, -0.2) is 21.9 Å². The van der Waals surface area contributed by atoms with E-state index in [0.29, 0.717) is 19.1 Å². The van der Waals surface area contributed by atoms with Crippen LogP contribution in [0.1, 0.15) is 63.7 Å². The molecule has 3 heterocycles. The van der Waals surface area contributed by atoms with Gasteiger partial charge < -0.3 is 9.47 Å². The average Bonchev–Trinajstić information content (AvgIpc) is 3.39. The Morgan fingerprint density at radius 3 is 2.80 bits per heavy atom. The van der Waals surface area contributed by atoms with Crippen LogP contribution >= 0.6 is 11.3 Å². The van der Waals surface area contributed by atoms with Gasteiger partial charge in [-0.3, -0.25) is 9.59 Å². The summed E-state index contributed by atoms with van der Waals surface area (Å²) in [5.74, 6) is 0.175. The van der Waals surface area contributed by atoms with E-state index >= 15 is 0 Å². The number of aromatic nitrogens is 1. The molecular formula is C20H22N2O2S. The largest absolute Gasteiger partial charge is 0.334 e. The minimum atomic E-state index is 0.118. The number of carbonyl (C=O) groups excluding carboxylic acids is 1. The van der Waals surface area contributed by atoms with Crippen LogP contribution in [-0.2, 0) is 25.8 Å². The molecule has 2 aromatic heterocycles. The standard InChI is InChI=1S/C20H22N2O2S/c23-19-9-13-7-8-21(10-14(13)11-22(19)15-5-6-15)20(24)17-12-25-18-4-2-1-3-16(17)18/h9,11-12,15H,1-8,10H2. The van der Waals surface area contributed by atoms with Crippen LogP contribution in [0.4, 0.5) is 0 Å². The van der Waals surface area contributed by atoms with Crippen molar-refractivity contribution in [3.05, 3.63) is 55.1 Å². The third kappa shape index (κ3) is 2.65. The van der Waals surface area contributed by atoms with Gasteiger partial charge >= 0.3 is 0 Å². The molecule has 0 radical (unpaired) electrons. The van der Waals surface area contributed by atoms with Gasteiger partial charge in [0, 0.05) is 41.7 Å². The highest BCUT2D eigenvalue weighted by Crippen LogP contribution is 2.35. The SMILES string of the molecule is O=C(c1csc2c1CCCC2)N1CCc2cc(=O)n(C3CC3)cc2C1. The first-order valence-electron chi connectivity index (χ1n) is 9.33. The van der Waals surface area contributed by atoms with Crippen molar-refractivity contribution in [3.8, 4) is 0 Å². The van der Waals surface area contributed by atoms with Crippen LogP contribution in [0.5, 0.6) is 0 Å². The number of carbonyl (C=O) groups is 1. The van der Waals surface area contributed by atoms with Crippen molar-refractivity contribution in [1.82, 2.24) is 9.47 Å². The zero-order chi connectivity index (χ0) is 17.0. The van der Waals surface area contributed by atoms with E-state index < -0.39 is 0 Å². The summed E-state index contributed by atoms with van der Waals surface area (Å²) in [5, 5.41) is 2.07. The zero-order valence-corrected chi connectivity index (χ0v) is 15.1. The molecule has 3 aliphatic rings. The molecular weight excluding hydrogens is 332 g/mol. The minimum absolute atomic E-state index is 0.118. The molecule has 0 saturated heterocycles. The second-order valence-electron chi connectivity index (χ2n) is 7.54. The normalized spacial score (nSPS) is 19.4. The lowest BCUT2D eigenvalue weighted by Gasteiger charge is -2.29. The molecule has 5 heteroatoms. The summed E-state index contributed by atoms with van der Waals surface area (Å²) in [6.07, 6.45) is 9.61. The fourth-order valence-corrected chi connectivity index (χ4v) is 5.32. The van der Waals surface area contributed by atoms with Gasteiger partial charge in [-0.05, 0) is 61.6 Å². The lowest BCUT2D eigenvalue weighted by Crippen LogP contribution is -2.37. The number of aryl methyl sites for hydroxylation is 1. The van der Waals surface area contributed by atoms with E-state index in [4.69, 9.17) is 0 Å². The summed E-state index contributed by atoms with van der Waals surface area (Å²) in [7, 11) is 0. The number of rotatable bonds is 2. The number of thiophene rings is 1. The quantitative estimate of drug-likeness (QED) is 0.830. The number of amides is 1. The molecule has 2 aromatic rings. The number of fused-ring (bicyclic) bond motifs is 2. The van der Waals surface area contributed by atoms with Crippen LogP contribution in [0.3, 0.4) is 0 Å². The third-order valence-electron chi connectivity index (χ3n) is 5.79. The number of hydrogen-bond donors (Lipinski definition) is 0. The molecule has 130 valence electrons. The Kier molecular flexibility index (Phi) is 3.59. The van der Waals surface area contributed by atoms with Gasteiger partial charge in [0.1, 0.15) is 0 Å². The van der Waals surface area contributed by atoms with Gasteiger partial charge in [0.2, 0.25) is 0 Å². The summed E-state index contributed by atoms with van der Waals surface area (Å²) in [6.45, 7) is 1.34. The van der Waals surface area contributed by atoms with Crippen LogP contribution in [0, 0.1) is 0 Å². The molecule has 1 saturated carbocycles. The van der Waals surface area contributed by atoms with Crippen molar-refractivity contribution >= 4 is 17.2 Å². The minimum Gasteiger partial charge on any atom is -0.334 e. The number of pyridine rings is 1. The van der Waals surface area contributed by atoms with E-state index in [9.17, 15) is 9.59 Å². The lowest BCUT2D eigenvalue weighted by molar-refractivity contribution is 0.0733. The molecule has 1 amide bonds. The summed E-state index contributed by atoms with van der Waals surface area (Å²) >= 11 is 1.75. The molecule has 1 aliphatic heterocycles. The second kappa shape index (κ2) is 5.84. The topological polar surface area (TPSA) is 42.3 Å². The summed E-state index contributed by atoms with van der Waals surface area (Å²) in [6, 6.07) is 2.18. The van der Waals surface area contributed by atoms with Crippen molar-refractivity contribution in [2.24, 2.45) is 0 Å². The highest BCUT2D eigenvalue weighted by Gasteiger charge is 2.29. The molecule has 2 aliphatic carbocycles. The fraction of sp³-hybridized carbons (Fsp3) is 0.500. The molecule has 0 spiro atoms. The van der Waals surface area contributed by atoms with Crippen molar-refractivity contribution in [2.75, 3.05) is 6.54 Å². The van der Waals surface area contributed by atoms with E-state index in [2.05, 4.69) is 5.38 Å². The Labute approximate surface area is 151 Å². The Balaban J connectivity index is 1.43. The van der Waals surface area contributed by atoms with Gasteiger partial charge in [-0.15, -0.1) is 11.3 Å². The molecule has 0 atom stereocenters. The monoisotopic (exact) mass is 354 g/mol. The van der Waals surface area contributed by atoms with Crippen LogP contribution < -0.4 is 5.56 Å². The average molecular weight is 354 g/mol. The van der Waals surface area contributed by atoms with Gasteiger partial charge in [0.15, 0.2) is 0 Å². The number of nitrogens with zero attached hydrogens (tertiary/aromatic N) is 2. The maximum absolute atomic E-state index is 13.1. The predicted molar refractivity (Wildman–Crippen MR) is 98.4 cm³/mol. The first-order chi connectivity index (χ1) is 12.2. The molecule has 0 aromatic carbocycles. The molecule has 0 bridgehead atoms. The zero-order valence-electron chi connectivity index (χ0n) is 14.3. The van der Waals surface area contributed by atoms with Crippen molar-refractivity contribution in [2.45, 2.75) is 57.5 Å². The van der Waals surface area contributed by atoms with E-state index in [0.717, 1.165) is 48.8 Å². The van der Waals surface area contributed by atoms with Gasteiger partial charge in [-0.1, -0.05) is 0 Å². The van der Waals surface area contributed by atoms with Crippen LogP contribution in [0.25, 0.3) is 0 Å². The predicted octanol–water partition coefficient (Wildman–Crippen LogP) is 3.32. The van der Waals surface area contributed by atoms with Gasteiger partial charge in [0.25, 0.3) is 11.5 Å². The van der Waals surface area contributed by atoms with Crippen LogP contribution in [0.2, 0.25) is 0 Å². The van der Waals surface area contributed by atoms with Crippen molar-refractivity contribution < 1.29 is 4.79 Å². The molecule has 5 rings (SSSR count). The first-order valence-corrected chi connectivity index (χ1v) is 10.2. The highest BCUT2D eigenvalue weighted by molar-refractivity contribution is 7.10. The van der Waals surface area contributed by atoms with Gasteiger partial charge in [0.05, 0.1) is 5.56 Å². The maximum atomic E-state index is 13.1. The molecule has 1 fully saturated rings. The lowest BCUT2D eigenvalue weighted by atomic mass is 9.94. The van der Waals surface area contributed by atoms with Gasteiger partial charge in [-0.2, -0.15) is 0 Å². The Morgan fingerprint density at radius 2 is 1.96 bits per heavy atom. The fourth-order valence-electron chi connectivity index (χ4n) is 4.20. The Hall–Kier alpha value is -1.88. The third-order valence-corrected chi connectivity index (χ3v) is 6.88. The maximum Gasteiger partial charge on any atom is 0.255 e. The summed E-state index contributed by atoms with van der Waals surface area (Å²) in [5.41, 5.74) is 4.62. The molecule has 4 nitrogen and oxygen atoms in total. The van der Waals surface area contributed by atoms with Crippen molar-refractivity contribution in [3.63, 3.8) is 0 Å². The Bertz CT molecular complexity index is 907. The van der Waals surface area contributed by atoms with E-state index in [1.165, 1.54) is 23.3 Å². The summed E-state index contributed by atoms with van der Waals surface area (Å²) < 4.78 is 1.87. The Morgan fingerprint density at radius 1 is 1.12 bits per heavy atom. The van der Waals surface area contributed by atoms with Crippen molar-refractivity contribution in [1.29, 1.82) is 0 Å². The van der Waals surface area contributed by atoms with Gasteiger partial charge in [-0.25, -0.2) is 0 Å². The molecule has 25 heavy (non-hydrogen) atoms. The molecule has 0 N–H and O–H groups in total. The first kappa shape index (κ1) is 15.4.